The van der Waals surface area contributed by atoms with Gasteiger partial charge in [-0.25, -0.2) is 0 Å². The van der Waals surface area contributed by atoms with E-state index in [0.29, 0.717) is 0 Å². The van der Waals surface area contributed by atoms with Gasteiger partial charge in [0.05, 0.1) is 23.7 Å². The molecule has 0 N–H and O–H groups in total. The van der Waals surface area contributed by atoms with Crippen LogP contribution in [0.4, 0.5) is 0 Å². The van der Waals surface area contributed by atoms with Gasteiger partial charge in [-0.05, 0) is 20.8 Å². The van der Waals surface area contributed by atoms with Crippen LogP contribution in [0.3, 0.4) is 0 Å². The fourth-order valence-electron chi connectivity index (χ4n) is 1.81. The maximum atomic E-state index is 12.2. The molecule has 2 aliphatic rings. The van der Waals surface area contributed by atoms with Crippen molar-refractivity contribution in [2.45, 2.75) is 26.8 Å². The largest absolute Gasteiger partial charge is 0.443 e. The Labute approximate surface area is 112 Å². The zero-order chi connectivity index (χ0) is 14.0. The summed E-state index contributed by atoms with van der Waals surface area (Å²) in [6, 6.07) is -0.132. The molecule has 2 unspecified atom stereocenters. The summed E-state index contributed by atoms with van der Waals surface area (Å²) < 4.78 is 5.13. The molecule has 0 aromatic carbocycles. The second kappa shape index (κ2) is 4.99. The van der Waals surface area contributed by atoms with E-state index in [-0.39, 0.29) is 30.6 Å². The van der Waals surface area contributed by atoms with Crippen LogP contribution < -0.4 is 0 Å². The Morgan fingerprint density at radius 1 is 1.37 bits per heavy atom. The Morgan fingerprint density at radius 3 is 2.74 bits per heavy atom. The zero-order valence-electron chi connectivity index (χ0n) is 11.4. The Morgan fingerprint density at radius 2 is 2.05 bits per heavy atom. The number of esters is 1. The smallest absolute Gasteiger partial charge is 0.312 e. The van der Waals surface area contributed by atoms with E-state index >= 15 is 0 Å². The van der Waals surface area contributed by atoms with Crippen molar-refractivity contribution in [3.05, 3.63) is 24.3 Å². The fourth-order valence-corrected chi connectivity index (χ4v) is 1.81. The number of carbonyl (C=O) groups is 2. The number of amides is 1. The highest BCUT2D eigenvalue weighted by molar-refractivity contribution is 5.93. The predicted octanol–water partition coefficient (Wildman–Crippen LogP) is 1.51. The van der Waals surface area contributed by atoms with Gasteiger partial charge in [0, 0.05) is 0 Å². The first-order valence-electron chi connectivity index (χ1n) is 6.25. The highest BCUT2D eigenvalue weighted by Crippen LogP contribution is 2.22. The summed E-state index contributed by atoms with van der Waals surface area (Å²) in [5, 5.41) is 0. The van der Waals surface area contributed by atoms with Crippen molar-refractivity contribution >= 4 is 18.2 Å². The molecule has 0 radical (unpaired) electrons. The normalized spacial score (nSPS) is 25.4. The van der Waals surface area contributed by atoms with Gasteiger partial charge in [-0.15, -0.1) is 0 Å². The summed E-state index contributed by atoms with van der Waals surface area (Å²) in [4.78, 5) is 29.5. The second-order valence-electron chi connectivity index (χ2n) is 5.67. The lowest BCUT2D eigenvalue weighted by Gasteiger charge is -2.30. The summed E-state index contributed by atoms with van der Waals surface area (Å²) in [6.45, 7) is 5.23. The Hall–Kier alpha value is -1.91. The molecular formula is C14H18N2O3. The molecule has 1 amide bonds. The van der Waals surface area contributed by atoms with Crippen LogP contribution in [0.1, 0.15) is 20.8 Å². The summed E-state index contributed by atoms with van der Waals surface area (Å²) in [5.41, 5.74) is -0.577. The van der Waals surface area contributed by atoms with Crippen molar-refractivity contribution in [1.82, 2.24) is 4.90 Å². The number of allylic oxidation sites excluding steroid dienone is 2. The van der Waals surface area contributed by atoms with E-state index in [1.54, 1.807) is 20.8 Å². The van der Waals surface area contributed by atoms with Crippen LogP contribution in [0.15, 0.2) is 29.3 Å². The summed E-state index contributed by atoms with van der Waals surface area (Å²) in [5.74, 6) is -0.722. The topological polar surface area (TPSA) is 59.0 Å². The molecule has 2 atom stereocenters. The van der Waals surface area contributed by atoms with Crippen molar-refractivity contribution < 1.29 is 14.3 Å². The summed E-state index contributed by atoms with van der Waals surface area (Å²) in [6.07, 6.45) is 8.86. The van der Waals surface area contributed by atoms with Crippen LogP contribution in [-0.2, 0) is 14.3 Å². The monoisotopic (exact) mass is 262 g/mol. The van der Waals surface area contributed by atoms with Crippen molar-refractivity contribution in [3.8, 4) is 0 Å². The maximum Gasteiger partial charge on any atom is 0.312 e. The van der Waals surface area contributed by atoms with Gasteiger partial charge < -0.3 is 4.74 Å². The number of rotatable bonds is 2. The quantitative estimate of drug-likeness (QED) is 0.709. The number of carbonyl (C=O) groups excluding carboxylic acids is 2. The minimum Gasteiger partial charge on any atom is -0.443 e. The zero-order valence-corrected chi connectivity index (χ0v) is 11.4. The molecule has 0 aromatic heterocycles. The van der Waals surface area contributed by atoms with E-state index in [1.165, 1.54) is 11.2 Å². The van der Waals surface area contributed by atoms with Crippen molar-refractivity contribution in [3.63, 3.8) is 0 Å². The van der Waals surface area contributed by atoms with E-state index in [1.807, 2.05) is 24.3 Å². The Kier molecular flexibility index (Phi) is 3.55. The van der Waals surface area contributed by atoms with Gasteiger partial charge in [0.2, 0.25) is 5.91 Å². The lowest BCUT2D eigenvalue weighted by Crippen LogP contribution is -2.45. The fraction of sp³-hybridized carbons (Fsp3) is 0.500. The van der Waals surface area contributed by atoms with Gasteiger partial charge in [-0.1, -0.05) is 24.3 Å². The van der Waals surface area contributed by atoms with Crippen LogP contribution in [0.5, 0.6) is 0 Å². The molecule has 0 aromatic rings. The minimum atomic E-state index is -0.577. The van der Waals surface area contributed by atoms with Crippen LogP contribution in [0, 0.1) is 11.3 Å². The standard InChI is InChI=1S/C14H18N2O3/c1-14(2,3)13(18)19-9-16-8-15-11-7-5-4-6-10(11)12(16)17/h4-8,10-11H,9H2,1-3H3. The molecule has 0 fully saturated rings. The molecular weight excluding hydrogens is 244 g/mol. The van der Waals surface area contributed by atoms with Gasteiger partial charge in [-0.3, -0.25) is 19.5 Å². The highest BCUT2D eigenvalue weighted by Gasteiger charge is 2.33. The van der Waals surface area contributed by atoms with E-state index < -0.39 is 5.41 Å². The number of ether oxygens (including phenoxy) is 1. The van der Waals surface area contributed by atoms with E-state index in [9.17, 15) is 9.59 Å². The molecule has 1 aliphatic carbocycles. The summed E-state index contributed by atoms with van der Waals surface area (Å²) in [7, 11) is 0. The SMILES string of the molecule is CC(C)(C)C(=O)OCN1C=NC2C=CC=CC2C1=O. The predicted molar refractivity (Wildman–Crippen MR) is 71.3 cm³/mol. The first-order valence-corrected chi connectivity index (χ1v) is 6.25. The highest BCUT2D eigenvalue weighted by atomic mass is 16.5. The molecule has 1 heterocycles. The molecule has 0 saturated heterocycles. The number of fused-ring (bicyclic) bond motifs is 1. The minimum absolute atomic E-state index is 0.0841. The van der Waals surface area contributed by atoms with Crippen LogP contribution in [-0.4, -0.2) is 35.9 Å². The van der Waals surface area contributed by atoms with Gasteiger partial charge in [0.1, 0.15) is 0 Å². The van der Waals surface area contributed by atoms with E-state index in [0.717, 1.165) is 0 Å². The third-order valence-electron chi connectivity index (χ3n) is 3.00. The Balaban J connectivity index is 1.99. The van der Waals surface area contributed by atoms with Gasteiger partial charge >= 0.3 is 5.97 Å². The van der Waals surface area contributed by atoms with Crippen molar-refractivity contribution in [2.75, 3.05) is 6.73 Å². The van der Waals surface area contributed by atoms with Gasteiger partial charge in [-0.2, -0.15) is 0 Å². The molecule has 0 bridgehead atoms. The summed E-state index contributed by atoms with van der Waals surface area (Å²) >= 11 is 0. The molecule has 1 aliphatic heterocycles. The maximum absolute atomic E-state index is 12.2. The van der Waals surface area contributed by atoms with E-state index in [4.69, 9.17) is 4.74 Å². The number of hydrogen-bond donors (Lipinski definition) is 0. The van der Waals surface area contributed by atoms with Crippen LogP contribution >= 0.6 is 0 Å². The average Bonchev–Trinajstić information content (AvgIpc) is 2.37. The Bertz CT molecular complexity index is 472. The van der Waals surface area contributed by atoms with Crippen molar-refractivity contribution in [1.29, 1.82) is 0 Å². The molecule has 5 nitrogen and oxygen atoms in total. The lowest BCUT2D eigenvalue weighted by molar-refractivity contribution is -0.158. The van der Waals surface area contributed by atoms with Gasteiger partial charge in [0.25, 0.3) is 0 Å². The lowest BCUT2D eigenvalue weighted by atomic mass is 9.93. The van der Waals surface area contributed by atoms with Crippen molar-refractivity contribution in [2.24, 2.45) is 16.3 Å². The molecule has 5 heteroatoms. The first-order chi connectivity index (χ1) is 8.89. The van der Waals surface area contributed by atoms with Crippen LogP contribution in [0.25, 0.3) is 0 Å². The molecule has 19 heavy (non-hydrogen) atoms. The third-order valence-corrected chi connectivity index (χ3v) is 3.00. The first kappa shape index (κ1) is 13.5. The molecule has 0 spiro atoms. The number of aliphatic imine (C=N–C) groups is 1. The van der Waals surface area contributed by atoms with Gasteiger partial charge in [0.15, 0.2) is 6.73 Å². The molecule has 0 saturated carbocycles. The number of nitrogens with zero attached hydrogens (tertiary/aromatic N) is 2. The average molecular weight is 262 g/mol. The molecule has 2 rings (SSSR count). The van der Waals surface area contributed by atoms with E-state index in [2.05, 4.69) is 4.99 Å². The second-order valence-corrected chi connectivity index (χ2v) is 5.67. The third kappa shape index (κ3) is 2.92. The molecule has 102 valence electrons. The van der Waals surface area contributed by atoms with Crippen LogP contribution in [0.2, 0.25) is 0 Å². The number of hydrogen-bond acceptors (Lipinski definition) is 4.